The Hall–Kier alpha value is 0.230. The van der Waals surface area contributed by atoms with Crippen molar-refractivity contribution in [2.75, 3.05) is 14.2 Å². The molecule has 1 aromatic carbocycles. The molecule has 0 spiro atoms. The van der Waals surface area contributed by atoms with Crippen LogP contribution in [-0.4, -0.2) is 14.2 Å². The van der Waals surface area contributed by atoms with Crippen LogP contribution in [0.3, 0.4) is 0 Å². The van der Waals surface area contributed by atoms with Gasteiger partial charge in [0.15, 0.2) is 5.75 Å². The van der Waals surface area contributed by atoms with E-state index in [9.17, 15) is 4.57 Å². The predicted molar refractivity (Wildman–Crippen MR) is 66.4 cm³/mol. The smallest absolute Gasteiger partial charge is 0.402 e. The second kappa shape index (κ2) is 5.71. The van der Waals surface area contributed by atoms with Gasteiger partial charge in [-0.05, 0) is 22.0 Å². The van der Waals surface area contributed by atoms with Gasteiger partial charge in [-0.2, -0.15) is 0 Å². The maximum atomic E-state index is 11.7. The maximum Gasteiger partial charge on any atom is 0.529 e. The lowest BCUT2D eigenvalue weighted by Crippen LogP contribution is -1.97. The zero-order valence-corrected chi connectivity index (χ0v) is 12.4. The minimum atomic E-state index is -3.62. The Kier molecular flexibility index (Phi) is 5.10. The lowest BCUT2D eigenvalue weighted by molar-refractivity contribution is 0.211. The van der Waals surface area contributed by atoms with E-state index < -0.39 is 7.82 Å². The molecule has 0 fully saturated rings. The molecule has 1 aromatic rings. The molecule has 8 heteroatoms. The molecule has 0 unspecified atom stereocenters. The third-order valence-electron chi connectivity index (χ3n) is 1.63. The van der Waals surface area contributed by atoms with Crippen LogP contribution >= 0.6 is 47.0 Å². The van der Waals surface area contributed by atoms with E-state index in [2.05, 4.69) is 25.0 Å². The lowest BCUT2D eigenvalue weighted by atomic mass is 10.3. The Bertz CT molecular complexity index is 432. The standard InChI is InChI=1S/C8H8BrCl2O4P/c1-13-16(12,14-2)15-8-4-6(10)5(9)3-7(8)11/h3-4H,1-2H3. The average molecular weight is 350 g/mol. The normalized spacial score (nSPS) is 11.6. The lowest BCUT2D eigenvalue weighted by Gasteiger charge is -2.15. The summed E-state index contributed by atoms with van der Waals surface area (Å²) in [5.41, 5.74) is 0. The summed E-state index contributed by atoms with van der Waals surface area (Å²) in [6.07, 6.45) is 0. The molecule has 0 aliphatic carbocycles. The van der Waals surface area contributed by atoms with Crippen LogP contribution < -0.4 is 4.52 Å². The third-order valence-corrected chi connectivity index (χ3v) is 4.44. The molecule has 0 amide bonds. The summed E-state index contributed by atoms with van der Waals surface area (Å²) < 4.78 is 26.6. The van der Waals surface area contributed by atoms with Gasteiger partial charge in [-0.1, -0.05) is 23.2 Å². The Labute approximate surface area is 112 Å². The molecular formula is C8H8BrCl2O4P. The van der Waals surface area contributed by atoms with Gasteiger partial charge in [0, 0.05) is 24.8 Å². The average Bonchev–Trinajstić information content (AvgIpc) is 2.25. The minimum absolute atomic E-state index is 0.127. The first kappa shape index (κ1) is 14.3. The summed E-state index contributed by atoms with van der Waals surface area (Å²) in [4.78, 5) is 0. The van der Waals surface area contributed by atoms with Crippen LogP contribution in [0.4, 0.5) is 0 Å². The highest BCUT2D eigenvalue weighted by Gasteiger charge is 2.26. The van der Waals surface area contributed by atoms with E-state index in [1.807, 2.05) is 0 Å². The van der Waals surface area contributed by atoms with Gasteiger partial charge in [0.25, 0.3) is 0 Å². The molecule has 0 saturated heterocycles. The number of hydrogen-bond donors (Lipinski definition) is 0. The zero-order valence-electron chi connectivity index (χ0n) is 8.37. The molecule has 0 aromatic heterocycles. The maximum absolute atomic E-state index is 11.7. The molecule has 0 atom stereocenters. The molecule has 4 nitrogen and oxygen atoms in total. The third kappa shape index (κ3) is 3.36. The van der Waals surface area contributed by atoms with Gasteiger partial charge < -0.3 is 4.52 Å². The Morgan fingerprint density at radius 1 is 1.19 bits per heavy atom. The SMILES string of the molecule is COP(=O)(OC)Oc1cc(Cl)c(Br)cc1Cl. The number of hydrogen-bond acceptors (Lipinski definition) is 4. The van der Waals surface area contributed by atoms with Gasteiger partial charge in [-0.3, -0.25) is 9.05 Å². The fourth-order valence-corrected chi connectivity index (χ4v) is 2.42. The molecule has 0 aliphatic rings. The second-order valence-corrected chi connectivity index (χ2v) is 6.08. The molecule has 0 saturated carbocycles. The van der Waals surface area contributed by atoms with Crippen LogP contribution in [0.15, 0.2) is 16.6 Å². The zero-order chi connectivity index (χ0) is 12.3. The van der Waals surface area contributed by atoms with Gasteiger partial charge >= 0.3 is 7.82 Å². The molecule has 0 radical (unpaired) electrons. The molecule has 0 heterocycles. The van der Waals surface area contributed by atoms with Crippen LogP contribution in [-0.2, 0) is 13.6 Å². The highest BCUT2D eigenvalue weighted by molar-refractivity contribution is 9.10. The minimum Gasteiger partial charge on any atom is -0.402 e. The number of benzene rings is 1. The van der Waals surface area contributed by atoms with Gasteiger partial charge in [-0.15, -0.1) is 0 Å². The number of rotatable bonds is 4. The number of phosphoric ester groups is 1. The largest absolute Gasteiger partial charge is 0.529 e. The van der Waals surface area contributed by atoms with Gasteiger partial charge in [0.05, 0.1) is 10.0 Å². The molecule has 0 bridgehead atoms. The van der Waals surface area contributed by atoms with Crippen molar-refractivity contribution >= 4 is 47.0 Å². The summed E-state index contributed by atoms with van der Waals surface area (Å²) in [6, 6.07) is 2.94. The van der Waals surface area contributed by atoms with Crippen LogP contribution in [0.5, 0.6) is 5.75 Å². The van der Waals surface area contributed by atoms with Crippen molar-refractivity contribution in [1.82, 2.24) is 0 Å². The molecular weight excluding hydrogens is 342 g/mol. The first-order valence-corrected chi connectivity index (χ1v) is 6.98. The fraction of sp³-hybridized carbons (Fsp3) is 0.250. The van der Waals surface area contributed by atoms with Crippen molar-refractivity contribution in [3.63, 3.8) is 0 Å². The van der Waals surface area contributed by atoms with E-state index in [0.717, 1.165) is 0 Å². The summed E-state index contributed by atoms with van der Waals surface area (Å²) in [7, 11) is -1.21. The van der Waals surface area contributed by atoms with Crippen LogP contribution in [0.2, 0.25) is 10.0 Å². The van der Waals surface area contributed by atoms with Crippen molar-refractivity contribution in [3.8, 4) is 5.75 Å². The highest BCUT2D eigenvalue weighted by Crippen LogP contribution is 2.50. The first-order chi connectivity index (χ1) is 7.41. The van der Waals surface area contributed by atoms with E-state index >= 15 is 0 Å². The summed E-state index contributed by atoms with van der Waals surface area (Å²) in [5.74, 6) is 0.127. The molecule has 0 N–H and O–H groups in total. The summed E-state index contributed by atoms with van der Waals surface area (Å²) in [6.45, 7) is 0. The van der Waals surface area contributed by atoms with Crippen molar-refractivity contribution < 1.29 is 18.1 Å². The van der Waals surface area contributed by atoms with Gasteiger partial charge in [0.2, 0.25) is 0 Å². The second-order valence-electron chi connectivity index (χ2n) is 2.60. The van der Waals surface area contributed by atoms with Gasteiger partial charge in [-0.25, -0.2) is 4.57 Å². The predicted octanol–water partition coefficient (Wildman–Crippen LogP) is 4.54. The number of phosphoric acid groups is 1. The number of halogens is 3. The Morgan fingerprint density at radius 2 is 1.75 bits per heavy atom. The molecule has 90 valence electrons. The van der Waals surface area contributed by atoms with Crippen LogP contribution in [0.1, 0.15) is 0 Å². The quantitative estimate of drug-likeness (QED) is 0.591. The van der Waals surface area contributed by atoms with E-state index in [4.69, 9.17) is 27.7 Å². The Morgan fingerprint density at radius 3 is 2.25 bits per heavy atom. The molecule has 16 heavy (non-hydrogen) atoms. The Balaban J connectivity index is 3.06. The fourth-order valence-electron chi connectivity index (χ4n) is 0.844. The van der Waals surface area contributed by atoms with E-state index in [1.54, 1.807) is 0 Å². The summed E-state index contributed by atoms with van der Waals surface area (Å²) in [5, 5.41) is 0.615. The first-order valence-electron chi connectivity index (χ1n) is 3.97. The topological polar surface area (TPSA) is 44.8 Å². The van der Waals surface area contributed by atoms with E-state index in [-0.39, 0.29) is 10.8 Å². The van der Waals surface area contributed by atoms with Crippen LogP contribution in [0, 0.1) is 0 Å². The highest BCUT2D eigenvalue weighted by atomic mass is 79.9. The molecule has 0 aliphatic heterocycles. The van der Waals surface area contributed by atoms with Crippen molar-refractivity contribution in [1.29, 1.82) is 0 Å². The van der Waals surface area contributed by atoms with Crippen molar-refractivity contribution in [2.24, 2.45) is 0 Å². The van der Waals surface area contributed by atoms with Crippen molar-refractivity contribution in [2.45, 2.75) is 0 Å². The van der Waals surface area contributed by atoms with E-state index in [1.165, 1.54) is 26.4 Å². The van der Waals surface area contributed by atoms with Crippen LogP contribution in [0.25, 0.3) is 0 Å². The monoisotopic (exact) mass is 348 g/mol. The van der Waals surface area contributed by atoms with E-state index in [0.29, 0.717) is 9.50 Å². The van der Waals surface area contributed by atoms with Crippen molar-refractivity contribution in [3.05, 3.63) is 26.7 Å². The van der Waals surface area contributed by atoms with Gasteiger partial charge in [0.1, 0.15) is 0 Å². The molecule has 1 rings (SSSR count). The summed E-state index contributed by atoms with van der Waals surface area (Å²) >= 11 is 14.9.